The van der Waals surface area contributed by atoms with E-state index in [2.05, 4.69) is 36.2 Å². The van der Waals surface area contributed by atoms with Gasteiger partial charge in [0.25, 0.3) is 5.91 Å². The summed E-state index contributed by atoms with van der Waals surface area (Å²) in [5.74, 6) is 0.571. The van der Waals surface area contributed by atoms with Gasteiger partial charge in [-0.15, -0.1) is 11.3 Å². The van der Waals surface area contributed by atoms with Crippen molar-refractivity contribution >= 4 is 39.1 Å². The van der Waals surface area contributed by atoms with Crippen LogP contribution in [0.25, 0.3) is 10.4 Å². The molecule has 1 N–H and O–H groups in total. The molecule has 8 heteroatoms. The van der Waals surface area contributed by atoms with E-state index in [4.69, 9.17) is 0 Å². The zero-order chi connectivity index (χ0) is 19.5. The number of nitrogens with zero attached hydrogens (tertiary/aromatic N) is 4. The van der Waals surface area contributed by atoms with Crippen LogP contribution in [0, 0.1) is 6.92 Å². The first-order chi connectivity index (χ1) is 13.6. The van der Waals surface area contributed by atoms with Gasteiger partial charge in [0.2, 0.25) is 5.95 Å². The third-order valence-corrected chi connectivity index (χ3v) is 6.16. The number of carbonyl (C=O) groups is 1. The third-order valence-electron chi connectivity index (χ3n) is 4.73. The Balaban J connectivity index is 1.52. The van der Waals surface area contributed by atoms with E-state index in [1.807, 2.05) is 42.2 Å². The lowest BCUT2D eigenvalue weighted by Crippen LogP contribution is -2.40. The van der Waals surface area contributed by atoms with Gasteiger partial charge in [-0.2, -0.15) is 0 Å². The Hall–Kier alpha value is -2.32. The van der Waals surface area contributed by atoms with Crippen LogP contribution < -0.4 is 5.32 Å². The summed E-state index contributed by atoms with van der Waals surface area (Å²) in [5.41, 5.74) is 1.59. The Morgan fingerprint density at radius 1 is 1.29 bits per heavy atom. The Morgan fingerprint density at radius 2 is 2.04 bits per heavy atom. The lowest BCUT2D eigenvalue weighted by molar-refractivity contribution is 0.0739. The number of halogens is 1. The molecule has 1 fully saturated rings. The van der Waals surface area contributed by atoms with Crippen LogP contribution in [0.5, 0.6) is 0 Å². The lowest BCUT2D eigenvalue weighted by atomic mass is 10.1. The van der Waals surface area contributed by atoms with Gasteiger partial charge < -0.3 is 10.2 Å². The molecule has 4 rings (SSSR count). The minimum Gasteiger partial charge on any atom is -0.352 e. The monoisotopic (exact) mass is 457 g/mol. The van der Waals surface area contributed by atoms with E-state index < -0.39 is 0 Å². The van der Waals surface area contributed by atoms with Crippen LogP contribution in [0.2, 0.25) is 0 Å². The van der Waals surface area contributed by atoms with Gasteiger partial charge >= 0.3 is 0 Å². The van der Waals surface area contributed by atoms with E-state index in [9.17, 15) is 4.79 Å². The highest BCUT2D eigenvalue weighted by atomic mass is 79.9. The average molecular weight is 458 g/mol. The number of carbonyl (C=O) groups excluding carboxylic acids is 1. The van der Waals surface area contributed by atoms with Crippen molar-refractivity contribution in [3.05, 3.63) is 57.9 Å². The highest BCUT2D eigenvalue weighted by Crippen LogP contribution is 2.32. The Labute approximate surface area is 176 Å². The van der Waals surface area contributed by atoms with Gasteiger partial charge in [0.1, 0.15) is 5.69 Å². The smallest absolute Gasteiger partial charge is 0.274 e. The standard InChI is InChI=1S/C20H20BrN5OS/c1-13-25-17(18(28-13)14-6-3-2-4-7-14)19(27)26-9-5-8-16(26)12-24-20-22-10-15(21)11-23-20/h2-4,6-7,10-11,16H,5,8-9,12H2,1H3,(H,22,23,24)/t16-/m0/s1. The maximum Gasteiger partial charge on any atom is 0.274 e. The molecule has 6 nitrogen and oxygen atoms in total. The van der Waals surface area contributed by atoms with Crippen LogP contribution in [0.3, 0.4) is 0 Å². The number of hydrogen-bond donors (Lipinski definition) is 1. The first-order valence-corrected chi connectivity index (χ1v) is 10.8. The summed E-state index contributed by atoms with van der Waals surface area (Å²) < 4.78 is 0.836. The van der Waals surface area contributed by atoms with E-state index in [-0.39, 0.29) is 11.9 Å². The van der Waals surface area contributed by atoms with Crippen molar-refractivity contribution in [2.24, 2.45) is 0 Å². The number of likely N-dealkylation sites (tertiary alicyclic amines) is 1. The first kappa shape index (κ1) is 19.0. The van der Waals surface area contributed by atoms with Gasteiger partial charge in [0.05, 0.1) is 14.4 Å². The van der Waals surface area contributed by atoms with Crippen molar-refractivity contribution in [2.45, 2.75) is 25.8 Å². The van der Waals surface area contributed by atoms with Crippen molar-refractivity contribution in [2.75, 3.05) is 18.4 Å². The number of aromatic nitrogens is 3. The number of benzene rings is 1. The second-order valence-corrected chi connectivity index (χ2v) is 8.80. The van der Waals surface area contributed by atoms with Crippen LogP contribution in [0.15, 0.2) is 47.2 Å². The quantitative estimate of drug-likeness (QED) is 0.614. The fraction of sp³-hybridized carbons (Fsp3) is 0.300. The van der Waals surface area contributed by atoms with Crippen LogP contribution in [-0.4, -0.2) is 44.9 Å². The summed E-state index contributed by atoms with van der Waals surface area (Å²) in [6, 6.07) is 10.1. The zero-order valence-corrected chi connectivity index (χ0v) is 17.8. The van der Waals surface area contributed by atoms with Crippen molar-refractivity contribution in [3.63, 3.8) is 0 Å². The number of hydrogen-bond acceptors (Lipinski definition) is 6. The SMILES string of the molecule is Cc1nc(C(=O)N2CCC[C@H]2CNc2ncc(Br)cn2)c(-c2ccccc2)s1. The summed E-state index contributed by atoms with van der Waals surface area (Å²) in [6.07, 6.45) is 5.36. The Morgan fingerprint density at radius 3 is 2.79 bits per heavy atom. The molecule has 0 bridgehead atoms. The molecule has 0 radical (unpaired) electrons. The maximum atomic E-state index is 13.3. The number of nitrogens with one attached hydrogen (secondary N) is 1. The van der Waals surface area contributed by atoms with E-state index >= 15 is 0 Å². The van der Waals surface area contributed by atoms with Crippen molar-refractivity contribution in [3.8, 4) is 10.4 Å². The average Bonchev–Trinajstić information content (AvgIpc) is 3.34. The topological polar surface area (TPSA) is 71.0 Å². The molecule has 3 heterocycles. The summed E-state index contributed by atoms with van der Waals surface area (Å²) in [7, 11) is 0. The summed E-state index contributed by atoms with van der Waals surface area (Å²) in [4.78, 5) is 29.3. The molecule has 0 spiro atoms. The van der Waals surface area contributed by atoms with Crippen LogP contribution >= 0.6 is 27.3 Å². The van der Waals surface area contributed by atoms with Gasteiger partial charge in [-0.25, -0.2) is 15.0 Å². The third kappa shape index (κ3) is 4.07. The molecule has 2 aromatic heterocycles. The Kier molecular flexibility index (Phi) is 5.68. The summed E-state index contributed by atoms with van der Waals surface area (Å²) in [5, 5.41) is 4.15. The van der Waals surface area contributed by atoms with Gasteiger partial charge in [0.15, 0.2) is 0 Å². The van der Waals surface area contributed by atoms with E-state index in [0.29, 0.717) is 18.2 Å². The minimum absolute atomic E-state index is 0.00391. The molecule has 1 atom stereocenters. The molecule has 0 aliphatic carbocycles. The molecule has 1 aromatic carbocycles. The maximum absolute atomic E-state index is 13.3. The number of amides is 1. The van der Waals surface area contributed by atoms with E-state index in [0.717, 1.165) is 39.3 Å². The van der Waals surface area contributed by atoms with Crippen LogP contribution in [-0.2, 0) is 0 Å². The highest BCUT2D eigenvalue weighted by Gasteiger charge is 2.32. The van der Waals surface area contributed by atoms with Crippen LogP contribution in [0.1, 0.15) is 28.3 Å². The van der Waals surface area contributed by atoms with Crippen molar-refractivity contribution in [1.29, 1.82) is 0 Å². The highest BCUT2D eigenvalue weighted by molar-refractivity contribution is 9.10. The minimum atomic E-state index is 0.00391. The van der Waals surface area contributed by atoms with E-state index in [1.54, 1.807) is 23.7 Å². The normalized spacial score (nSPS) is 16.4. The summed E-state index contributed by atoms with van der Waals surface area (Å²) >= 11 is 4.90. The molecule has 3 aromatic rings. The molecule has 1 amide bonds. The molecule has 0 unspecified atom stereocenters. The molecule has 0 saturated carbocycles. The number of anilines is 1. The predicted octanol–water partition coefficient (Wildman–Crippen LogP) is 4.39. The number of thiazole rings is 1. The van der Waals surface area contributed by atoms with Crippen LogP contribution in [0.4, 0.5) is 5.95 Å². The van der Waals surface area contributed by atoms with E-state index in [1.165, 1.54) is 0 Å². The number of aryl methyl sites for hydroxylation is 1. The summed E-state index contributed by atoms with van der Waals surface area (Å²) in [6.45, 7) is 3.32. The molecule has 144 valence electrons. The Bertz CT molecular complexity index is 960. The predicted molar refractivity (Wildman–Crippen MR) is 115 cm³/mol. The molecule has 1 aliphatic heterocycles. The molecular formula is C20H20BrN5OS. The second kappa shape index (κ2) is 8.36. The fourth-order valence-electron chi connectivity index (χ4n) is 3.42. The molecule has 1 saturated heterocycles. The second-order valence-electron chi connectivity index (χ2n) is 6.68. The fourth-order valence-corrected chi connectivity index (χ4v) is 4.54. The van der Waals surface area contributed by atoms with Gasteiger partial charge in [-0.1, -0.05) is 30.3 Å². The lowest BCUT2D eigenvalue weighted by Gasteiger charge is -2.24. The largest absolute Gasteiger partial charge is 0.352 e. The molecule has 1 aliphatic rings. The van der Waals surface area contributed by atoms with Gasteiger partial charge in [0, 0.05) is 31.5 Å². The van der Waals surface area contributed by atoms with Gasteiger partial charge in [-0.05, 0) is 41.3 Å². The van der Waals surface area contributed by atoms with Gasteiger partial charge in [-0.3, -0.25) is 4.79 Å². The zero-order valence-electron chi connectivity index (χ0n) is 15.4. The van der Waals surface area contributed by atoms with Crippen molar-refractivity contribution in [1.82, 2.24) is 19.9 Å². The number of rotatable bonds is 5. The first-order valence-electron chi connectivity index (χ1n) is 9.17. The van der Waals surface area contributed by atoms with Crippen molar-refractivity contribution < 1.29 is 4.79 Å². The molecule has 28 heavy (non-hydrogen) atoms. The molecular weight excluding hydrogens is 438 g/mol.